The summed E-state index contributed by atoms with van der Waals surface area (Å²) in [6.07, 6.45) is 2.37. The van der Waals surface area contributed by atoms with Crippen LogP contribution in [0.3, 0.4) is 0 Å². The summed E-state index contributed by atoms with van der Waals surface area (Å²) in [4.78, 5) is 27.4. The van der Waals surface area contributed by atoms with E-state index in [1.807, 2.05) is 31.2 Å². The highest BCUT2D eigenvalue weighted by molar-refractivity contribution is 6.46. The molecule has 1 amide bonds. The number of carbonyl (C=O) groups is 2. The Bertz CT molecular complexity index is 1100. The van der Waals surface area contributed by atoms with Crippen LogP contribution in [-0.2, 0) is 16.1 Å². The quantitative estimate of drug-likeness (QED) is 0.343. The van der Waals surface area contributed by atoms with Crippen molar-refractivity contribution in [2.75, 3.05) is 6.61 Å². The molecule has 0 bridgehead atoms. The van der Waals surface area contributed by atoms with Crippen LogP contribution in [0.1, 0.15) is 36.3 Å². The number of hydrogen-bond acceptors (Lipinski definition) is 5. The third kappa shape index (κ3) is 4.10. The van der Waals surface area contributed by atoms with E-state index >= 15 is 0 Å². The maximum absolute atomic E-state index is 13.0. The number of ketones is 1. The van der Waals surface area contributed by atoms with Crippen LogP contribution in [0.25, 0.3) is 5.76 Å². The van der Waals surface area contributed by atoms with Crippen molar-refractivity contribution in [3.63, 3.8) is 0 Å². The Morgan fingerprint density at radius 2 is 1.87 bits per heavy atom. The summed E-state index contributed by atoms with van der Waals surface area (Å²) in [7, 11) is 0. The van der Waals surface area contributed by atoms with Gasteiger partial charge in [0.05, 0.1) is 31.0 Å². The molecule has 6 heteroatoms. The van der Waals surface area contributed by atoms with Gasteiger partial charge in [0.25, 0.3) is 11.7 Å². The van der Waals surface area contributed by atoms with E-state index in [1.165, 1.54) is 11.2 Å². The van der Waals surface area contributed by atoms with Crippen LogP contribution in [0.5, 0.6) is 5.75 Å². The number of Topliss-reactive ketones (excluding diaryl/α,β-unsaturated/α-hetero) is 1. The van der Waals surface area contributed by atoms with E-state index < -0.39 is 17.7 Å². The second kappa shape index (κ2) is 8.92. The first-order chi connectivity index (χ1) is 15.1. The average Bonchev–Trinajstić information content (AvgIpc) is 3.40. The summed E-state index contributed by atoms with van der Waals surface area (Å²) >= 11 is 0. The van der Waals surface area contributed by atoms with E-state index in [0.29, 0.717) is 29.2 Å². The number of aliphatic hydroxyl groups excluding tert-OH is 1. The average molecular weight is 417 g/mol. The topological polar surface area (TPSA) is 80.0 Å². The summed E-state index contributed by atoms with van der Waals surface area (Å²) in [5.74, 6) is -0.421. The summed E-state index contributed by atoms with van der Waals surface area (Å²) in [5, 5.41) is 11.0. The maximum atomic E-state index is 13.0. The molecular formula is C25H23NO5. The first-order valence-electron chi connectivity index (χ1n) is 10.2. The first-order valence-corrected chi connectivity index (χ1v) is 10.2. The lowest BCUT2D eigenvalue weighted by molar-refractivity contribution is -0.140. The van der Waals surface area contributed by atoms with Crippen LogP contribution in [0.4, 0.5) is 0 Å². The number of aliphatic hydroxyl groups is 1. The minimum Gasteiger partial charge on any atom is -0.507 e. The van der Waals surface area contributed by atoms with E-state index in [-0.39, 0.29) is 17.9 Å². The molecule has 2 aromatic carbocycles. The Labute approximate surface area is 180 Å². The van der Waals surface area contributed by atoms with Gasteiger partial charge in [-0.2, -0.15) is 0 Å². The molecule has 1 atom stereocenters. The number of hydrogen-bond donors (Lipinski definition) is 1. The van der Waals surface area contributed by atoms with Crippen LogP contribution in [0.15, 0.2) is 83.0 Å². The Morgan fingerprint density at radius 3 is 2.58 bits per heavy atom. The third-order valence-corrected chi connectivity index (χ3v) is 5.14. The fourth-order valence-corrected chi connectivity index (χ4v) is 3.71. The summed E-state index contributed by atoms with van der Waals surface area (Å²) in [6, 6.07) is 18.7. The van der Waals surface area contributed by atoms with Gasteiger partial charge < -0.3 is 19.2 Å². The van der Waals surface area contributed by atoms with Crippen molar-refractivity contribution in [1.29, 1.82) is 0 Å². The van der Waals surface area contributed by atoms with Gasteiger partial charge in [0.2, 0.25) is 0 Å². The zero-order valence-corrected chi connectivity index (χ0v) is 17.2. The van der Waals surface area contributed by atoms with Gasteiger partial charge in [-0.1, -0.05) is 49.4 Å². The lowest BCUT2D eigenvalue weighted by atomic mass is 9.95. The van der Waals surface area contributed by atoms with Gasteiger partial charge in [-0.05, 0) is 36.2 Å². The van der Waals surface area contributed by atoms with Gasteiger partial charge in [-0.15, -0.1) is 0 Å². The monoisotopic (exact) mass is 417 g/mol. The molecule has 1 aliphatic rings. The highest BCUT2D eigenvalue weighted by Gasteiger charge is 2.46. The Morgan fingerprint density at radius 1 is 1.06 bits per heavy atom. The van der Waals surface area contributed by atoms with Gasteiger partial charge in [0, 0.05) is 5.56 Å². The van der Waals surface area contributed by atoms with Crippen molar-refractivity contribution in [3.8, 4) is 5.75 Å². The lowest BCUT2D eigenvalue weighted by Crippen LogP contribution is -2.29. The number of likely N-dealkylation sites (tertiary alicyclic amines) is 1. The molecule has 158 valence electrons. The van der Waals surface area contributed by atoms with Crippen LogP contribution < -0.4 is 4.74 Å². The second-order valence-electron chi connectivity index (χ2n) is 7.29. The smallest absolute Gasteiger partial charge is 0.296 e. The number of amides is 1. The SMILES string of the molecule is CCCOc1cccc(C2/C(=C(\O)c3ccccc3)C(=O)C(=O)N2Cc2ccco2)c1. The van der Waals surface area contributed by atoms with Crippen LogP contribution >= 0.6 is 0 Å². The van der Waals surface area contributed by atoms with Gasteiger partial charge in [-0.25, -0.2) is 0 Å². The van der Waals surface area contributed by atoms with E-state index in [1.54, 1.807) is 42.5 Å². The number of nitrogens with zero attached hydrogens (tertiary/aromatic N) is 1. The molecule has 1 fully saturated rings. The van der Waals surface area contributed by atoms with E-state index in [0.717, 1.165) is 6.42 Å². The Kier molecular flexibility index (Phi) is 5.89. The van der Waals surface area contributed by atoms with Crippen molar-refractivity contribution in [2.45, 2.75) is 25.9 Å². The molecule has 2 heterocycles. The van der Waals surface area contributed by atoms with Crippen LogP contribution in [0.2, 0.25) is 0 Å². The van der Waals surface area contributed by atoms with E-state index in [9.17, 15) is 14.7 Å². The van der Waals surface area contributed by atoms with Gasteiger partial charge >= 0.3 is 0 Å². The predicted octanol–water partition coefficient (Wildman–Crippen LogP) is 4.69. The first kappa shape index (κ1) is 20.5. The van der Waals surface area contributed by atoms with Crippen LogP contribution in [-0.4, -0.2) is 28.3 Å². The molecule has 31 heavy (non-hydrogen) atoms. The largest absolute Gasteiger partial charge is 0.507 e. The summed E-state index contributed by atoms with van der Waals surface area (Å²) < 4.78 is 11.2. The molecule has 1 N–H and O–H groups in total. The molecule has 0 aliphatic carbocycles. The standard InChI is InChI=1S/C25H23NO5/c1-2-13-30-19-11-6-10-18(15-19)22-21(23(27)17-8-4-3-5-9-17)24(28)25(29)26(22)16-20-12-7-14-31-20/h3-12,14-15,22,27H,2,13,16H2,1H3/b23-21+. The summed E-state index contributed by atoms with van der Waals surface area (Å²) in [5.41, 5.74) is 1.20. The molecule has 0 radical (unpaired) electrons. The Hall–Kier alpha value is -3.80. The van der Waals surface area contributed by atoms with Crippen molar-refractivity contribution in [3.05, 3.63) is 95.5 Å². The van der Waals surface area contributed by atoms with E-state index in [2.05, 4.69) is 0 Å². The molecule has 1 aromatic heterocycles. The van der Waals surface area contributed by atoms with E-state index in [4.69, 9.17) is 9.15 Å². The number of rotatable bonds is 7. The number of furan rings is 1. The Balaban J connectivity index is 1.83. The molecule has 6 nitrogen and oxygen atoms in total. The fourth-order valence-electron chi connectivity index (χ4n) is 3.71. The molecule has 1 unspecified atom stereocenters. The molecule has 0 spiro atoms. The van der Waals surface area contributed by atoms with Crippen molar-refractivity contribution < 1.29 is 23.8 Å². The van der Waals surface area contributed by atoms with Crippen LogP contribution in [0, 0.1) is 0 Å². The highest BCUT2D eigenvalue weighted by atomic mass is 16.5. The third-order valence-electron chi connectivity index (χ3n) is 5.14. The van der Waals surface area contributed by atoms with Gasteiger partial charge in [-0.3, -0.25) is 9.59 Å². The molecular weight excluding hydrogens is 394 g/mol. The highest BCUT2D eigenvalue weighted by Crippen LogP contribution is 2.41. The fraction of sp³-hybridized carbons (Fsp3) is 0.200. The second-order valence-corrected chi connectivity index (χ2v) is 7.29. The molecule has 4 rings (SSSR count). The van der Waals surface area contributed by atoms with Crippen molar-refractivity contribution in [2.24, 2.45) is 0 Å². The molecule has 3 aromatic rings. The predicted molar refractivity (Wildman–Crippen MR) is 115 cm³/mol. The number of benzene rings is 2. The van der Waals surface area contributed by atoms with Gasteiger partial charge in [0.15, 0.2) is 0 Å². The van der Waals surface area contributed by atoms with Gasteiger partial charge in [0.1, 0.15) is 17.3 Å². The zero-order chi connectivity index (χ0) is 21.8. The molecule has 1 saturated heterocycles. The molecule has 0 saturated carbocycles. The normalized spacial score (nSPS) is 17.8. The minimum absolute atomic E-state index is 0.0513. The van der Waals surface area contributed by atoms with Crippen molar-refractivity contribution in [1.82, 2.24) is 4.90 Å². The summed E-state index contributed by atoms with van der Waals surface area (Å²) in [6.45, 7) is 2.68. The minimum atomic E-state index is -0.768. The number of carbonyl (C=O) groups excluding carboxylic acids is 2. The lowest BCUT2D eigenvalue weighted by Gasteiger charge is -2.25. The number of ether oxygens (including phenoxy) is 1. The zero-order valence-electron chi connectivity index (χ0n) is 17.2. The van der Waals surface area contributed by atoms with Crippen molar-refractivity contribution >= 4 is 17.4 Å². The molecule has 1 aliphatic heterocycles. The maximum Gasteiger partial charge on any atom is 0.296 e.